The van der Waals surface area contributed by atoms with Crippen molar-refractivity contribution in [3.05, 3.63) is 29.8 Å². The van der Waals surface area contributed by atoms with Crippen LogP contribution in [0.4, 0.5) is 5.69 Å². The Morgan fingerprint density at radius 1 is 1.40 bits per heavy atom. The van der Waals surface area contributed by atoms with E-state index in [-0.39, 0.29) is 18.2 Å². The van der Waals surface area contributed by atoms with E-state index in [4.69, 9.17) is 5.11 Å². The van der Waals surface area contributed by atoms with Crippen LogP contribution in [0.25, 0.3) is 0 Å². The van der Waals surface area contributed by atoms with Gasteiger partial charge in [-0.3, -0.25) is 9.59 Å². The van der Waals surface area contributed by atoms with Crippen LogP contribution in [0, 0.1) is 0 Å². The number of hydrogen-bond donors (Lipinski definition) is 2. The van der Waals surface area contributed by atoms with E-state index in [1.54, 1.807) is 0 Å². The molecule has 0 spiro atoms. The molecule has 15 heavy (non-hydrogen) atoms. The molecule has 0 saturated heterocycles. The molecule has 1 aromatic carbocycles. The molecule has 0 bridgehead atoms. The van der Waals surface area contributed by atoms with E-state index in [1.807, 2.05) is 24.3 Å². The molecule has 2 N–H and O–H groups in total. The zero-order valence-electron chi connectivity index (χ0n) is 8.06. The molecular formula is C11H11NO3. The predicted octanol–water partition coefficient (Wildman–Crippen LogP) is 1.59. The van der Waals surface area contributed by atoms with Gasteiger partial charge in [-0.05, 0) is 18.1 Å². The Labute approximate surface area is 86.9 Å². The van der Waals surface area contributed by atoms with Crippen molar-refractivity contribution >= 4 is 17.6 Å². The van der Waals surface area contributed by atoms with E-state index in [9.17, 15) is 9.59 Å². The van der Waals surface area contributed by atoms with Gasteiger partial charge < -0.3 is 10.4 Å². The maximum Gasteiger partial charge on any atom is 0.303 e. The number of hydrogen-bond acceptors (Lipinski definition) is 2. The quantitative estimate of drug-likeness (QED) is 0.787. The van der Waals surface area contributed by atoms with Crippen LogP contribution in [0.1, 0.15) is 24.3 Å². The van der Waals surface area contributed by atoms with Crippen LogP contribution >= 0.6 is 0 Å². The highest BCUT2D eigenvalue weighted by molar-refractivity contribution is 6.02. The minimum absolute atomic E-state index is 0.0203. The van der Waals surface area contributed by atoms with E-state index in [1.165, 1.54) is 0 Å². The number of rotatable bonds is 3. The first-order valence-corrected chi connectivity index (χ1v) is 4.80. The lowest BCUT2D eigenvalue weighted by molar-refractivity contribution is -0.137. The smallest absolute Gasteiger partial charge is 0.303 e. The lowest BCUT2D eigenvalue weighted by atomic mass is 9.96. The maximum atomic E-state index is 11.5. The molecule has 1 aromatic rings. The monoisotopic (exact) mass is 205 g/mol. The molecule has 0 unspecified atom stereocenters. The van der Waals surface area contributed by atoms with Gasteiger partial charge in [0.25, 0.3) is 0 Å². The fraction of sp³-hybridized carbons (Fsp3) is 0.273. The number of para-hydroxylation sites is 1. The summed E-state index contributed by atoms with van der Waals surface area (Å²) in [5.41, 5.74) is 1.71. The third-order valence-electron chi connectivity index (χ3n) is 2.56. The summed E-state index contributed by atoms with van der Waals surface area (Å²) < 4.78 is 0. The SMILES string of the molecule is O=C(O)CC[C@H]1C(=O)Nc2ccccc21. The number of benzene rings is 1. The Morgan fingerprint density at radius 2 is 2.13 bits per heavy atom. The van der Waals surface area contributed by atoms with Crippen LogP contribution in [-0.4, -0.2) is 17.0 Å². The maximum absolute atomic E-state index is 11.5. The highest BCUT2D eigenvalue weighted by atomic mass is 16.4. The number of aliphatic carboxylic acids is 1. The first kappa shape index (κ1) is 9.71. The summed E-state index contributed by atoms with van der Waals surface area (Å²) in [6, 6.07) is 7.39. The van der Waals surface area contributed by atoms with Crippen molar-refractivity contribution in [2.24, 2.45) is 0 Å². The van der Waals surface area contributed by atoms with Gasteiger partial charge in [0.15, 0.2) is 0 Å². The summed E-state index contributed by atoms with van der Waals surface area (Å²) in [6.45, 7) is 0. The first-order chi connectivity index (χ1) is 7.18. The molecule has 0 saturated carbocycles. The highest BCUT2D eigenvalue weighted by Crippen LogP contribution is 2.34. The number of fused-ring (bicyclic) bond motifs is 1. The molecule has 1 atom stereocenters. The van der Waals surface area contributed by atoms with E-state index in [2.05, 4.69) is 5.32 Å². The zero-order chi connectivity index (χ0) is 10.8. The summed E-state index contributed by atoms with van der Waals surface area (Å²) in [5.74, 6) is -1.28. The molecule has 4 nitrogen and oxygen atoms in total. The molecule has 0 aromatic heterocycles. The normalized spacial score (nSPS) is 18.4. The van der Waals surface area contributed by atoms with Crippen LogP contribution in [-0.2, 0) is 9.59 Å². The van der Waals surface area contributed by atoms with Gasteiger partial charge in [-0.1, -0.05) is 18.2 Å². The van der Waals surface area contributed by atoms with Gasteiger partial charge in [0.2, 0.25) is 5.91 Å². The molecule has 1 aliphatic heterocycles. The molecule has 1 heterocycles. The second-order valence-electron chi connectivity index (χ2n) is 3.56. The summed E-state index contributed by atoms with van der Waals surface area (Å²) >= 11 is 0. The number of amides is 1. The van der Waals surface area contributed by atoms with Crippen LogP contribution < -0.4 is 5.32 Å². The molecule has 4 heteroatoms. The summed E-state index contributed by atoms with van der Waals surface area (Å²) in [5, 5.41) is 11.3. The minimum atomic E-state index is -0.868. The molecule has 78 valence electrons. The summed E-state index contributed by atoms with van der Waals surface area (Å²) in [4.78, 5) is 22.0. The molecule has 1 amide bonds. The Kier molecular flexibility index (Phi) is 2.41. The summed E-state index contributed by atoms with van der Waals surface area (Å²) in [6.07, 6.45) is 0.380. The van der Waals surface area contributed by atoms with Crippen molar-refractivity contribution in [2.75, 3.05) is 5.32 Å². The fourth-order valence-corrected chi connectivity index (χ4v) is 1.83. The molecule has 0 fully saturated rings. The van der Waals surface area contributed by atoms with Gasteiger partial charge in [0.1, 0.15) is 0 Å². The standard InChI is InChI=1S/C11H11NO3/c13-10(14)6-5-8-7-3-1-2-4-9(7)12-11(8)15/h1-4,8H,5-6H2,(H,12,15)(H,13,14)/t8-/m1/s1. The van der Waals surface area contributed by atoms with Crippen molar-refractivity contribution in [1.82, 2.24) is 0 Å². The third-order valence-corrected chi connectivity index (χ3v) is 2.56. The highest BCUT2D eigenvalue weighted by Gasteiger charge is 2.29. The van der Waals surface area contributed by atoms with Gasteiger partial charge in [-0.2, -0.15) is 0 Å². The van der Waals surface area contributed by atoms with Gasteiger partial charge >= 0.3 is 5.97 Å². The topological polar surface area (TPSA) is 66.4 Å². The van der Waals surface area contributed by atoms with Crippen molar-refractivity contribution in [3.8, 4) is 0 Å². The zero-order valence-corrected chi connectivity index (χ0v) is 8.06. The number of carboxylic acid groups (broad SMARTS) is 1. The average molecular weight is 205 g/mol. The van der Waals surface area contributed by atoms with Gasteiger partial charge in [-0.25, -0.2) is 0 Å². The lowest BCUT2D eigenvalue weighted by Crippen LogP contribution is -2.13. The largest absolute Gasteiger partial charge is 0.481 e. The third kappa shape index (κ3) is 1.83. The van der Waals surface area contributed by atoms with Crippen LogP contribution in [0.2, 0.25) is 0 Å². The number of carboxylic acids is 1. The number of nitrogens with one attached hydrogen (secondary N) is 1. The predicted molar refractivity (Wildman–Crippen MR) is 54.7 cm³/mol. The Hall–Kier alpha value is -1.84. The van der Waals surface area contributed by atoms with Crippen LogP contribution in [0.15, 0.2) is 24.3 Å². The molecule has 0 aliphatic carbocycles. The Balaban J connectivity index is 2.18. The molecule has 1 aliphatic rings. The van der Waals surface area contributed by atoms with E-state index >= 15 is 0 Å². The number of carbonyl (C=O) groups excluding carboxylic acids is 1. The average Bonchev–Trinajstić information content (AvgIpc) is 2.50. The van der Waals surface area contributed by atoms with Gasteiger partial charge in [0.05, 0.1) is 5.92 Å². The molecule has 0 radical (unpaired) electrons. The lowest BCUT2D eigenvalue weighted by Gasteiger charge is -2.05. The molecular weight excluding hydrogens is 194 g/mol. The van der Waals surface area contributed by atoms with Crippen molar-refractivity contribution in [2.45, 2.75) is 18.8 Å². The van der Waals surface area contributed by atoms with Crippen molar-refractivity contribution in [1.29, 1.82) is 0 Å². The molecule has 2 rings (SSSR count). The second kappa shape index (κ2) is 3.73. The van der Waals surface area contributed by atoms with E-state index in [0.29, 0.717) is 6.42 Å². The van der Waals surface area contributed by atoms with Gasteiger partial charge in [-0.15, -0.1) is 0 Å². The van der Waals surface area contributed by atoms with Crippen molar-refractivity contribution < 1.29 is 14.7 Å². The van der Waals surface area contributed by atoms with Crippen molar-refractivity contribution in [3.63, 3.8) is 0 Å². The van der Waals surface area contributed by atoms with Crippen LogP contribution in [0.3, 0.4) is 0 Å². The first-order valence-electron chi connectivity index (χ1n) is 4.80. The summed E-state index contributed by atoms with van der Waals surface area (Å²) in [7, 11) is 0. The Bertz CT molecular complexity index is 414. The van der Waals surface area contributed by atoms with E-state index < -0.39 is 5.97 Å². The van der Waals surface area contributed by atoms with Crippen LogP contribution in [0.5, 0.6) is 0 Å². The number of anilines is 1. The minimum Gasteiger partial charge on any atom is -0.481 e. The van der Waals surface area contributed by atoms with E-state index in [0.717, 1.165) is 11.3 Å². The second-order valence-corrected chi connectivity index (χ2v) is 3.56. The Morgan fingerprint density at radius 3 is 2.87 bits per heavy atom. The number of carbonyl (C=O) groups is 2. The van der Waals surface area contributed by atoms with Gasteiger partial charge in [0, 0.05) is 12.1 Å². The fourth-order valence-electron chi connectivity index (χ4n) is 1.83.